The Morgan fingerprint density at radius 1 is 1.50 bits per heavy atom. The number of nitrogens with one attached hydrogen (secondary N) is 1. The molecule has 1 amide bonds. The number of carbonyl (C=O) groups excluding carboxylic acids is 1. The Morgan fingerprint density at radius 3 is 2.50 bits per heavy atom. The first-order valence-corrected chi connectivity index (χ1v) is 4.63. The van der Waals surface area contributed by atoms with E-state index in [-0.39, 0.29) is 11.9 Å². The number of nitrogens with two attached hydrogens (primary N) is 1. The van der Waals surface area contributed by atoms with E-state index in [2.05, 4.69) is 19.2 Å². The van der Waals surface area contributed by atoms with Gasteiger partial charge in [0.1, 0.15) is 0 Å². The van der Waals surface area contributed by atoms with Crippen molar-refractivity contribution in [2.24, 2.45) is 5.73 Å². The van der Waals surface area contributed by atoms with Crippen molar-refractivity contribution in [3.05, 3.63) is 0 Å². The van der Waals surface area contributed by atoms with Gasteiger partial charge in [0.25, 0.3) is 0 Å². The zero-order valence-corrected chi connectivity index (χ0v) is 8.26. The Morgan fingerprint density at radius 2 is 2.08 bits per heavy atom. The van der Waals surface area contributed by atoms with Crippen LogP contribution in [-0.4, -0.2) is 18.0 Å². The summed E-state index contributed by atoms with van der Waals surface area (Å²) in [4.78, 5) is 10.7. The smallest absolute Gasteiger partial charge is 0.234 e. The van der Waals surface area contributed by atoms with Gasteiger partial charge in [0.2, 0.25) is 5.91 Å². The van der Waals surface area contributed by atoms with Gasteiger partial charge in [-0.1, -0.05) is 19.8 Å². The van der Waals surface area contributed by atoms with Crippen molar-refractivity contribution >= 4 is 5.91 Å². The van der Waals surface area contributed by atoms with Crippen molar-refractivity contribution in [1.82, 2.24) is 5.32 Å². The average molecular weight is 172 g/mol. The molecule has 72 valence electrons. The molecule has 12 heavy (non-hydrogen) atoms. The van der Waals surface area contributed by atoms with E-state index in [1.807, 2.05) is 0 Å². The third-order valence-corrected chi connectivity index (χ3v) is 1.95. The third kappa shape index (κ3) is 5.13. The van der Waals surface area contributed by atoms with Crippen molar-refractivity contribution in [1.29, 1.82) is 0 Å². The van der Waals surface area contributed by atoms with Crippen LogP contribution in [0.5, 0.6) is 0 Å². The lowest BCUT2D eigenvalue weighted by atomic mass is 10.1. The lowest BCUT2D eigenvalue weighted by Gasteiger charge is -2.16. The van der Waals surface area contributed by atoms with Crippen LogP contribution in [-0.2, 0) is 4.79 Å². The minimum absolute atomic E-state index is 0.211. The van der Waals surface area contributed by atoms with Gasteiger partial charge in [-0.15, -0.1) is 0 Å². The number of primary amides is 1. The van der Waals surface area contributed by atoms with Gasteiger partial charge >= 0.3 is 0 Å². The summed E-state index contributed by atoms with van der Waals surface area (Å²) in [6, 6.07) is 0.171. The summed E-state index contributed by atoms with van der Waals surface area (Å²) in [5.74, 6) is -0.279. The van der Waals surface area contributed by atoms with Crippen molar-refractivity contribution in [3.8, 4) is 0 Å². The standard InChI is InChI=1S/C9H20N2O/c1-4-5-6-7(2)11-8(3)9(10)12/h7-8,11H,4-6H2,1-3H3,(H2,10,12)/t7?,8-/m0/s1. The molecule has 0 heterocycles. The molecule has 0 aromatic rings. The van der Waals surface area contributed by atoms with Crippen LogP contribution in [0.1, 0.15) is 40.0 Å². The van der Waals surface area contributed by atoms with Gasteiger partial charge < -0.3 is 11.1 Å². The minimum Gasteiger partial charge on any atom is -0.368 e. The summed E-state index contributed by atoms with van der Waals surface area (Å²) in [5.41, 5.74) is 5.11. The SMILES string of the molecule is CCCCC(C)N[C@@H](C)C(N)=O. The number of hydrogen-bond donors (Lipinski definition) is 2. The number of unbranched alkanes of at least 4 members (excludes halogenated alkanes) is 1. The number of amides is 1. The normalized spacial score (nSPS) is 15.6. The first-order chi connectivity index (χ1) is 5.57. The molecule has 0 saturated heterocycles. The van der Waals surface area contributed by atoms with Crippen LogP contribution < -0.4 is 11.1 Å². The molecular formula is C9H20N2O. The minimum atomic E-state index is -0.279. The van der Waals surface area contributed by atoms with Crippen LogP contribution >= 0.6 is 0 Å². The van der Waals surface area contributed by atoms with Crippen molar-refractivity contribution in [3.63, 3.8) is 0 Å². The topological polar surface area (TPSA) is 55.1 Å². The summed E-state index contributed by atoms with van der Waals surface area (Å²) in [6.07, 6.45) is 3.49. The molecule has 2 atom stereocenters. The lowest BCUT2D eigenvalue weighted by Crippen LogP contribution is -2.43. The number of rotatable bonds is 6. The molecule has 1 unspecified atom stereocenters. The molecule has 0 spiro atoms. The first-order valence-electron chi connectivity index (χ1n) is 4.63. The van der Waals surface area contributed by atoms with Gasteiger partial charge in [0, 0.05) is 6.04 Å². The molecule has 3 N–H and O–H groups in total. The molecule has 3 heteroatoms. The summed E-state index contributed by atoms with van der Waals surface area (Å²) in [5, 5.41) is 3.14. The molecule has 0 aliphatic carbocycles. The molecule has 0 aromatic carbocycles. The molecule has 0 bridgehead atoms. The highest BCUT2D eigenvalue weighted by Crippen LogP contribution is 2.00. The molecular weight excluding hydrogens is 152 g/mol. The van der Waals surface area contributed by atoms with E-state index in [1.54, 1.807) is 6.92 Å². The molecule has 0 aliphatic heterocycles. The van der Waals surface area contributed by atoms with E-state index in [0.717, 1.165) is 6.42 Å². The average Bonchev–Trinajstić information content (AvgIpc) is 2.00. The fourth-order valence-electron chi connectivity index (χ4n) is 1.10. The summed E-state index contributed by atoms with van der Waals surface area (Å²) in [6.45, 7) is 6.03. The predicted octanol–water partition coefficient (Wildman–Crippen LogP) is 1.03. The van der Waals surface area contributed by atoms with Gasteiger partial charge in [-0.2, -0.15) is 0 Å². The largest absolute Gasteiger partial charge is 0.368 e. The first kappa shape index (κ1) is 11.4. The quantitative estimate of drug-likeness (QED) is 0.628. The second-order valence-electron chi connectivity index (χ2n) is 3.33. The summed E-state index contributed by atoms with van der Waals surface area (Å²) < 4.78 is 0. The Balaban J connectivity index is 3.53. The van der Waals surface area contributed by atoms with Gasteiger partial charge in [-0.25, -0.2) is 0 Å². The molecule has 3 nitrogen and oxygen atoms in total. The second-order valence-corrected chi connectivity index (χ2v) is 3.33. The highest BCUT2D eigenvalue weighted by Gasteiger charge is 2.10. The van der Waals surface area contributed by atoms with Crippen molar-refractivity contribution in [2.75, 3.05) is 0 Å². The van der Waals surface area contributed by atoms with Gasteiger partial charge in [-0.3, -0.25) is 4.79 Å². The van der Waals surface area contributed by atoms with E-state index >= 15 is 0 Å². The van der Waals surface area contributed by atoms with E-state index in [9.17, 15) is 4.79 Å². The molecule has 0 aliphatic rings. The monoisotopic (exact) mass is 172 g/mol. The van der Waals surface area contributed by atoms with Crippen LogP contribution in [0.3, 0.4) is 0 Å². The molecule has 0 aromatic heterocycles. The molecule has 0 fully saturated rings. The van der Waals surface area contributed by atoms with E-state index < -0.39 is 0 Å². The van der Waals surface area contributed by atoms with E-state index in [0.29, 0.717) is 6.04 Å². The maximum absolute atomic E-state index is 10.7. The van der Waals surface area contributed by atoms with Crippen LogP contribution in [0.15, 0.2) is 0 Å². The fraction of sp³-hybridized carbons (Fsp3) is 0.889. The van der Waals surface area contributed by atoms with Crippen LogP contribution in [0.25, 0.3) is 0 Å². The second kappa shape index (κ2) is 6.00. The number of hydrogen-bond acceptors (Lipinski definition) is 2. The zero-order chi connectivity index (χ0) is 9.56. The third-order valence-electron chi connectivity index (χ3n) is 1.95. The van der Waals surface area contributed by atoms with Crippen LogP contribution in [0.4, 0.5) is 0 Å². The van der Waals surface area contributed by atoms with Crippen LogP contribution in [0, 0.1) is 0 Å². The molecule has 0 radical (unpaired) electrons. The highest BCUT2D eigenvalue weighted by molar-refractivity contribution is 5.79. The maximum Gasteiger partial charge on any atom is 0.234 e. The Bertz CT molecular complexity index is 136. The van der Waals surface area contributed by atoms with Crippen molar-refractivity contribution < 1.29 is 4.79 Å². The maximum atomic E-state index is 10.7. The summed E-state index contributed by atoms with van der Waals surface area (Å²) in [7, 11) is 0. The lowest BCUT2D eigenvalue weighted by molar-refractivity contribution is -0.119. The predicted molar refractivity (Wildman–Crippen MR) is 50.8 cm³/mol. The van der Waals surface area contributed by atoms with E-state index in [1.165, 1.54) is 12.8 Å². The summed E-state index contributed by atoms with van der Waals surface area (Å²) >= 11 is 0. The number of carbonyl (C=O) groups is 1. The van der Waals surface area contributed by atoms with Crippen molar-refractivity contribution in [2.45, 2.75) is 52.1 Å². The Kier molecular flexibility index (Phi) is 5.72. The van der Waals surface area contributed by atoms with Gasteiger partial charge in [0.05, 0.1) is 6.04 Å². The van der Waals surface area contributed by atoms with Gasteiger partial charge in [-0.05, 0) is 20.3 Å². The van der Waals surface area contributed by atoms with Gasteiger partial charge in [0.15, 0.2) is 0 Å². The Labute approximate surface area is 74.7 Å². The van der Waals surface area contributed by atoms with Crippen LogP contribution in [0.2, 0.25) is 0 Å². The highest BCUT2D eigenvalue weighted by atomic mass is 16.1. The van der Waals surface area contributed by atoms with E-state index in [4.69, 9.17) is 5.73 Å². The molecule has 0 rings (SSSR count). The fourth-order valence-corrected chi connectivity index (χ4v) is 1.10. The zero-order valence-electron chi connectivity index (χ0n) is 8.26. The Hall–Kier alpha value is -0.570. The molecule has 0 saturated carbocycles.